The minimum absolute atomic E-state index is 0.885. The molecule has 23 heavy (non-hydrogen) atoms. The molecule has 0 nitrogen and oxygen atoms in total. The molecule has 0 unspecified atom stereocenters. The van der Waals surface area contributed by atoms with Gasteiger partial charge in [-0.05, 0) is 80.2 Å². The first-order valence-corrected chi connectivity index (χ1v) is 9.97. The van der Waals surface area contributed by atoms with E-state index in [-0.39, 0.29) is 0 Å². The predicted molar refractivity (Wildman–Crippen MR) is 101 cm³/mol. The van der Waals surface area contributed by atoms with Crippen LogP contribution in [0.2, 0.25) is 0 Å². The molecule has 0 heteroatoms. The highest BCUT2D eigenvalue weighted by atomic mass is 14.3. The van der Waals surface area contributed by atoms with E-state index in [1.807, 2.05) is 0 Å². The van der Waals surface area contributed by atoms with Crippen LogP contribution < -0.4 is 0 Å². The highest BCUT2D eigenvalue weighted by Crippen LogP contribution is 2.33. The van der Waals surface area contributed by atoms with Crippen LogP contribution >= 0.6 is 0 Å². The van der Waals surface area contributed by atoms with Crippen molar-refractivity contribution < 1.29 is 0 Å². The van der Waals surface area contributed by atoms with E-state index in [0.717, 1.165) is 17.8 Å². The fourth-order valence-corrected chi connectivity index (χ4v) is 4.61. The van der Waals surface area contributed by atoms with Crippen LogP contribution in [0, 0.1) is 17.8 Å². The van der Waals surface area contributed by atoms with Crippen molar-refractivity contribution >= 4 is 0 Å². The molecular weight excluding hydrogens is 276 g/mol. The molecule has 2 aliphatic carbocycles. The van der Waals surface area contributed by atoms with E-state index in [1.54, 1.807) is 11.1 Å². The third kappa shape index (κ3) is 4.96. The van der Waals surface area contributed by atoms with Crippen molar-refractivity contribution in [2.45, 2.75) is 77.6 Å². The van der Waals surface area contributed by atoms with Gasteiger partial charge in [-0.15, -0.1) is 0 Å². The Morgan fingerprint density at radius 2 is 1.17 bits per heavy atom. The third-order valence-corrected chi connectivity index (χ3v) is 6.43. The molecule has 1 aromatic carbocycles. The lowest BCUT2D eigenvalue weighted by atomic mass is 9.78. The summed E-state index contributed by atoms with van der Waals surface area (Å²) < 4.78 is 0. The fourth-order valence-electron chi connectivity index (χ4n) is 4.61. The van der Waals surface area contributed by atoms with Crippen molar-refractivity contribution in [2.24, 2.45) is 17.8 Å². The van der Waals surface area contributed by atoms with Gasteiger partial charge in [0.05, 0.1) is 0 Å². The molecule has 2 saturated carbocycles. The van der Waals surface area contributed by atoms with Crippen LogP contribution in [0.4, 0.5) is 0 Å². The molecule has 0 atom stereocenters. The first kappa shape index (κ1) is 16.8. The Morgan fingerprint density at radius 3 is 1.65 bits per heavy atom. The van der Waals surface area contributed by atoms with E-state index in [1.165, 1.54) is 76.2 Å². The van der Waals surface area contributed by atoms with Crippen molar-refractivity contribution in [3.63, 3.8) is 0 Å². The van der Waals surface area contributed by atoms with Crippen LogP contribution in [0.5, 0.6) is 0 Å². The topological polar surface area (TPSA) is 0 Å². The lowest BCUT2D eigenvalue weighted by molar-refractivity contribution is 0.268. The molecule has 0 bridgehead atoms. The van der Waals surface area contributed by atoms with E-state index >= 15 is 0 Å². The van der Waals surface area contributed by atoms with Crippen LogP contribution in [0.3, 0.4) is 0 Å². The predicted octanol–water partition coefficient (Wildman–Crippen LogP) is 6.73. The first-order chi connectivity index (χ1) is 11.2. The van der Waals surface area contributed by atoms with Crippen LogP contribution in [0.15, 0.2) is 36.4 Å². The lowest BCUT2D eigenvalue weighted by Crippen LogP contribution is -2.15. The number of benzene rings is 1. The summed E-state index contributed by atoms with van der Waals surface area (Å²) in [4.78, 5) is 0. The Labute approximate surface area is 143 Å². The van der Waals surface area contributed by atoms with Gasteiger partial charge in [0.15, 0.2) is 0 Å². The average Bonchev–Trinajstić information content (AvgIpc) is 2.59. The van der Waals surface area contributed by atoms with Crippen LogP contribution in [0.25, 0.3) is 0 Å². The molecule has 126 valence electrons. The first-order valence-electron chi connectivity index (χ1n) is 9.97. The summed E-state index contributed by atoms with van der Waals surface area (Å²) in [6.45, 7) is 6.49. The Hall–Kier alpha value is -1.04. The Morgan fingerprint density at radius 1 is 0.739 bits per heavy atom. The SMILES string of the molecule is C=C1CCC(Cc2ccc(CC3CCC(CC)CC3)cc2)CC1. The van der Waals surface area contributed by atoms with Crippen molar-refractivity contribution in [1.82, 2.24) is 0 Å². The number of hydrogen-bond acceptors (Lipinski definition) is 0. The molecule has 0 amide bonds. The Bertz CT molecular complexity index is 477. The molecule has 0 saturated heterocycles. The Balaban J connectivity index is 1.46. The molecule has 0 heterocycles. The zero-order chi connectivity index (χ0) is 16.1. The average molecular weight is 311 g/mol. The molecule has 0 N–H and O–H groups in total. The largest absolute Gasteiger partial charge is 0.0999 e. The monoisotopic (exact) mass is 310 g/mol. The summed E-state index contributed by atoms with van der Waals surface area (Å²) in [5, 5.41) is 0. The molecule has 3 rings (SSSR count). The van der Waals surface area contributed by atoms with Gasteiger partial charge in [-0.2, -0.15) is 0 Å². The summed E-state index contributed by atoms with van der Waals surface area (Å²) in [5.74, 6) is 2.84. The molecule has 0 aromatic heterocycles. The van der Waals surface area contributed by atoms with Gasteiger partial charge >= 0.3 is 0 Å². The normalized spacial score (nSPS) is 26.4. The maximum absolute atomic E-state index is 4.13. The second kappa shape index (κ2) is 8.18. The highest BCUT2D eigenvalue weighted by molar-refractivity contribution is 5.23. The van der Waals surface area contributed by atoms with E-state index in [2.05, 4.69) is 37.8 Å². The van der Waals surface area contributed by atoms with Gasteiger partial charge in [0.25, 0.3) is 0 Å². The van der Waals surface area contributed by atoms with Gasteiger partial charge in [0, 0.05) is 0 Å². The van der Waals surface area contributed by atoms with Crippen molar-refractivity contribution in [3.05, 3.63) is 47.5 Å². The molecule has 2 fully saturated rings. The minimum Gasteiger partial charge on any atom is -0.0999 e. The Kier molecular flexibility index (Phi) is 5.97. The van der Waals surface area contributed by atoms with Crippen molar-refractivity contribution in [1.29, 1.82) is 0 Å². The summed E-state index contributed by atoms with van der Waals surface area (Å²) in [6, 6.07) is 9.61. The zero-order valence-electron chi connectivity index (χ0n) is 15.0. The van der Waals surface area contributed by atoms with Gasteiger partial charge in [-0.1, -0.05) is 62.6 Å². The second-order valence-electron chi connectivity index (χ2n) is 8.21. The molecule has 1 aromatic rings. The van der Waals surface area contributed by atoms with Crippen LogP contribution in [-0.2, 0) is 12.8 Å². The molecule has 2 aliphatic rings. The van der Waals surface area contributed by atoms with Gasteiger partial charge < -0.3 is 0 Å². The molecule has 0 aliphatic heterocycles. The summed E-state index contributed by atoms with van der Waals surface area (Å²) in [6.07, 6.45) is 15.0. The third-order valence-electron chi connectivity index (χ3n) is 6.43. The smallest absolute Gasteiger partial charge is 0.0250 e. The summed E-state index contributed by atoms with van der Waals surface area (Å²) in [5.41, 5.74) is 4.57. The van der Waals surface area contributed by atoms with Gasteiger partial charge in [-0.25, -0.2) is 0 Å². The molecule has 0 radical (unpaired) electrons. The van der Waals surface area contributed by atoms with Crippen molar-refractivity contribution in [3.8, 4) is 0 Å². The fraction of sp³-hybridized carbons (Fsp3) is 0.652. The standard InChI is InChI=1S/C23H34/c1-3-19-8-10-21(11-9-19)17-23-14-12-22(13-15-23)16-20-6-4-18(2)5-7-20/h12-15,19-21H,2-11,16-17H2,1H3. The van der Waals surface area contributed by atoms with E-state index < -0.39 is 0 Å². The maximum Gasteiger partial charge on any atom is -0.0250 e. The van der Waals surface area contributed by atoms with Crippen molar-refractivity contribution in [2.75, 3.05) is 0 Å². The van der Waals surface area contributed by atoms with E-state index in [9.17, 15) is 0 Å². The molecular formula is C23H34. The zero-order valence-corrected chi connectivity index (χ0v) is 15.0. The van der Waals surface area contributed by atoms with E-state index in [4.69, 9.17) is 0 Å². The maximum atomic E-state index is 4.13. The van der Waals surface area contributed by atoms with Crippen LogP contribution in [-0.4, -0.2) is 0 Å². The highest BCUT2D eigenvalue weighted by Gasteiger charge is 2.20. The van der Waals surface area contributed by atoms with Gasteiger partial charge in [-0.3, -0.25) is 0 Å². The van der Waals surface area contributed by atoms with Gasteiger partial charge in [0.1, 0.15) is 0 Å². The second-order valence-corrected chi connectivity index (χ2v) is 8.21. The molecule has 0 spiro atoms. The lowest BCUT2D eigenvalue weighted by Gasteiger charge is -2.28. The number of allylic oxidation sites excluding steroid dienone is 1. The number of rotatable bonds is 5. The number of hydrogen-bond donors (Lipinski definition) is 0. The van der Waals surface area contributed by atoms with Gasteiger partial charge in [0.2, 0.25) is 0 Å². The van der Waals surface area contributed by atoms with Crippen LogP contribution in [0.1, 0.15) is 75.8 Å². The minimum atomic E-state index is 0.885. The summed E-state index contributed by atoms with van der Waals surface area (Å²) >= 11 is 0. The summed E-state index contributed by atoms with van der Waals surface area (Å²) in [7, 11) is 0. The quantitative estimate of drug-likeness (QED) is 0.529. The van der Waals surface area contributed by atoms with E-state index in [0.29, 0.717) is 0 Å².